The first-order chi connectivity index (χ1) is 18.7. The summed E-state index contributed by atoms with van der Waals surface area (Å²) in [6, 6.07) is 3.78. The van der Waals surface area contributed by atoms with Crippen molar-refractivity contribution in [3.05, 3.63) is 35.2 Å². The van der Waals surface area contributed by atoms with Gasteiger partial charge < -0.3 is 14.6 Å². The van der Waals surface area contributed by atoms with E-state index in [1.54, 1.807) is 33.8 Å². The number of carbonyl (C=O) groups excluding carboxylic acids is 1. The standard InChI is InChI=1S/C28H39F3N4O4S/c1-18-21(26(36)32-20-12-14-39-15-13-20)16-23(35(18)17-19-8-6-5-7-9-19)22-10-11-24(25(33-22)28(29,30)31)40(37,38)34-27(2,3)4/h10-11,16,19-20,34H,5-9,12-15,17H2,1-4H3,(H,32,36). The summed E-state index contributed by atoms with van der Waals surface area (Å²) in [6.07, 6.45) is 1.68. The summed E-state index contributed by atoms with van der Waals surface area (Å²) < 4.78 is 78.0. The fraction of sp³-hybridized carbons (Fsp3) is 0.643. The van der Waals surface area contributed by atoms with Crippen LogP contribution < -0.4 is 10.0 Å². The van der Waals surface area contributed by atoms with E-state index in [9.17, 15) is 26.4 Å². The molecule has 40 heavy (non-hydrogen) atoms. The van der Waals surface area contributed by atoms with Crippen LogP contribution in [0.2, 0.25) is 0 Å². The molecule has 1 saturated heterocycles. The predicted octanol–water partition coefficient (Wildman–Crippen LogP) is 5.44. The highest BCUT2D eigenvalue weighted by Crippen LogP contribution is 2.36. The zero-order chi connectivity index (χ0) is 29.3. The molecule has 0 aromatic carbocycles. The number of alkyl halides is 3. The summed E-state index contributed by atoms with van der Waals surface area (Å²) in [4.78, 5) is 16.3. The molecule has 0 spiro atoms. The third-order valence-corrected chi connectivity index (χ3v) is 9.24. The average Bonchev–Trinajstić information content (AvgIpc) is 3.19. The predicted molar refractivity (Wildman–Crippen MR) is 145 cm³/mol. The van der Waals surface area contributed by atoms with E-state index in [-0.39, 0.29) is 17.6 Å². The maximum Gasteiger partial charge on any atom is 0.434 e. The molecule has 1 amide bonds. The van der Waals surface area contributed by atoms with Crippen molar-refractivity contribution >= 4 is 15.9 Å². The van der Waals surface area contributed by atoms with Crippen LogP contribution in [0.3, 0.4) is 0 Å². The normalized spacial score (nSPS) is 18.2. The molecular weight excluding hydrogens is 545 g/mol. The van der Waals surface area contributed by atoms with Crippen LogP contribution in [0.15, 0.2) is 23.1 Å². The van der Waals surface area contributed by atoms with Crippen LogP contribution in [0.4, 0.5) is 13.2 Å². The number of aromatic nitrogens is 2. The molecule has 4 rings (SSSR count). The lowest BCUT2D eigenvalue weighted by atomic mass is 9.89. The molecule has 1 aliphatic carbocycles. The molecule has 8 nitrogen and oxygen atoms in total. The number of hydrogen-bond donors (Lipinski definition) is 2. The number of pyridine rings is 1. The molecule has 0 bridgehead atoms. The molecule has 0 unspecified atom stereocenters. The van der Waals surface area contributed by atoms with E-state index in [1.807, 2.05) is 4.57 Å². The lowest BCUT2D eigenvalue weighted by Gasteiger charge is -2.25. The minimum Gasteiger partial charge on any atom is -0.381 e. The first kappa shape index (κ1) is 30.5. The Morgan fingerprint density at radius 2 is 1.73 bits per heavy atom. The number of halogens is 3. The van der Waals surface area contributed by atoms with Gasteiger partial charge in [0, 0.05) is 37.0 Å². The monoisotopic (exact) mass is 584 g/mol. The van der Waals surface area contributed by atoms with Gasteiger partial charge in [0.25, 0.3) is 5.91 Å². The van der Waals surface area contributed by atoms with Crippen LogP contribution in [0.1, 0.15) is 87.5 Å². The Kier molecular flexibility index (Phi) is 9.01. The zero-order valence-corrected chi connectivity index (χ0v) is 24.3. The van der Waals surface area contributed by atoms with Gasteiger partial charge in [0.05, 0.1) is 17.0 Å². The molecule has 2 aromatic heterocycles. The van der Waals surface area contributed by atoms with Crippen molar-refractivity contribution in [2.24, 2.45) is 5.92 Å². The number of hydrogen-bond acceptors (Lipinski definition) is 5. The Bertz CT molecular complexity index is 1320. The summed E-state index contributed by atoms with van der Waals surface area (Å²) >= 11 is 0. The fourth-order valence-electron chi connectivity index (χ4n) is 5.52. The number of rotatable bonds is 7. The Balaban J connectivity index is 1.79. The van der Waals surface area contributed by atoms with Gasteiger partial charge in [0.15, 0.2) is 5.69 Å². The van der Waals surface area contributed by atoms with E-state index >= 15 is 0 Å². The maximum atomic E-state index is 14.2. The second-order valence-electron chi connectivity index (χ2n) is 11.9. The third-order valence-electron chi connectivity index (χ3n) is 7.45. The molecule has 1 aliphatic heterocycles. The molecular formula is C28H39F3N4O4S. The minimum atomic E-state index is -5.02. The molecule has 2 fully saturated rings. The third kappa shape index (κ3) is 7.25. The van der Waals surface area contributed by atoms with Crippen LogP contribution in [0.5, 0.6) is 0 Å². The van der Waals surface area contributed by atoms with Crippen molar-refractivity contribution in [2.45, 2.75) is 102 Å². The van der Waals surface area contributed by atoms with Gasteiger partial charge in [-0.3, -0.25) is 4.79 Å². The second-order valence-corrected chi connectivity index (χ2v) is 13.6. The van der Waals surface area contributed by atoms with Crippen LogP contribution in [-0.2, 0) is 27.5 Å². The van der Waals surface area contributed by atoms with Crippen molar-refractivity contribution in [1.29, 1.82) is 0 Å². The molecule has 12 heteroatoms. The van der Waals surface area contributed by atoms with Gasteiger partial charge in [-0.1, -0.05) is 19.3 Å². The summed E-state index contributed by atoms with van der Waals surface area (Å²) in [6.45, 7) is 8.10. The summed E-state index contributed by atoms with van der Waals surface area (Å²) in [7, 11) is -4.51. The van der Waals surface area contributed by atoms with E-state index in [0.717, 1.165) is 38.2 Å². The molecule has 2 aliphatic rings. The van der Waals surface area contributed by atoms with Gasteiger partial charge in [0.1, 0.15) is 4.90 Å². The maximum absolute atomic E-state index is 14.2. The topological polar surface area (TPSA) is 102 Å². The molecule has 1 saturated carbocycles. The van der Waals surface area contributed by atoms with Gasteiger partial charge in [0.2, 0.25) is 10.0 Å². The van der Waals surface area contributed by atoms with Crippen molar-refractivity contribution in [1.82, 2.24) is 19.6 Å². The quantitative estimate of drug-likeness (QED) is 0.451. The number of nitrogens with zero attached hydrogens (tertiary/aromatic N) is 2. The Morgan fingerprint density at radius 3 is 2.33 bits per heavy atom. The van der Waals surface area contributed by atoms with Gasteiger partial charge in [-0.05, 0) is 77.5 Å². The van der Waals surface area contributed by atoms with Crippen LogP contribution in [0, 0.1) is 12.8 Å². The van der Waals surface area contributed by atoms with E-state index in [0.29, 0.717) is 55.5 Å². The van der Waals surface area contributed by atoms with Gasteiger partial charge in [-0.15, -0.1) is 0 Å². The molecule has 0 atom stereocenters. The van der Waals surface area contributed by atoms with Crippen LogP contribution in [0.25, 0.3) is 11.4 Å². The highest BCUT2D eigenvalue weighted by molar-refractivity contribution is 7.89. The smallest absolute Gasteiger partial charge is 0.381 e. The van der Waals surface area contributed by atoms with Crippen molar-refractivity contribution in [2.75, 3.05) is 13.2 Å². The minimum absolute atomic E-state index is 0.0361. The largest absolute Gasteiger partial charge is 0.434 e. The molecule has 0 radical (unpaired) electrons. The van der Waals surface area contributed by atoms with E-state index in [1.165, 1.54) is 6.07 Å². The lowest BCUT2D eigenvalue weighted by Crippen LogP contribution is -2.41. The molecule has 3 heterocycles. The van der Waals surface area contributed by atoms with Gasteiger partial charge >= 0.3 is 6.18 Å². The SMILES string of the molecule is Cc1c(C(=O)NC2CCOCC2)cc(-c2ccc(S(=O)(=O)NC(C)(C)C)c(C(F)(F)F)n2)n1CC1CCCCC1. The molecule has 222 valence electrons. The van der Waals surface area contributed by atoms with E-state index in [4.69, 9.17) is 4.74 Å². The fourth-order valence-corrected chi connectivity index (χ4v) is 7.10. The van der Waals surface area contributed by atoms with Crippen LogP contribution in [-0.4, -0.2) is 48.7 Å². The highest BCUT2D eigenvalue weighted by Gasteiger charge is 2.41. The average molecular weight is 585 g/mol. The van der Waals surface area contributed by atoms with Crippen LogP contribution >= 0.6 is 0 Å². The number of carbonyl (C=O) groups is 1. The summed E-state index contributed by atoms with van der Waals surface area (Å²) in [5.74, 6) is 0.0281. The number of sulfonamides is 1. The number of amides is 1. The Hall–Kier alpha value is -2.44. The van der Waals surface area contributed by atoms with Crippen molar-refractivity contribution in [3.8, 4) is 11.4 Å². The van der Waals surface area contributed by atoms with E-state index < -0.39 is 32.3 Å². The highest BCUT2D eigenvalue weighted by atomic mass is 32.2. The Labute approximate surface area is 234 Å². The lowest BCUT2D eigenvalue weighted by molar-refractivity contribution is -0.143. The second kappa shape index (κ2) is 11.8. The molecule has 2 N–H and O–H groups in total. The summed E-state index contributed by atoms with van der Waals surface area (Å²) in [5, 5.41) is 3.04. The Morgan fingerprint density at radius 1 is 1.07 bits per heavy atom. The van der Waals surface area contributed by atoms with E-state index in [2.05, 4.69) is 15.0 Å². The first-order valence-corrected chi connectivity index (χ1v) is 15.4. The summed E-state index contributed by atoms with van der Waals surface area (Å²) in [5.41, 5.74) is -1.13. The van der Waals surface area contributed by atoms with Crippen molar-refractivity contribution < 1.29 is 31.1 Å². The first-order valence-electron chi connectivity index (χ1n) is 13.9. The van der Waals surface area contributed by atoms with Crippen molar-refractivity contribution in [3.63, 3.8) is 0 Å². The number of nitrogens with one attached hydrogen (secondary N) is 2. The molecule has 2 aromatic rings. The van der Waals surface area contributed by atoms with Gasteiger partial charge in [-0.25, -0.2) is 18.1 Å². The number of ether oxygens (including phenoxy) is 1. The zero-order valence-electron chi connectivity index (χ0n) is 23.5. The van der Waals surface area contributed by atoms with Gasteiger partial charge in [-0.2, -0.15) is 13.2 Å².